The van der Waals surface area contributed by atoms with Crippen molar-refractivity contribution in [2.24, 2.45) is 5.14 Å². The van der Waals surface area contributed by atoms with E-state index in [0.717, 1.165) is 5.56 Å². The van der Waals surface area contributed by atoms with Gasteiger partial charge in [-0.25, -0.2) is 18.5 Å². The van der Waals surface area contributed by atoms with E-state index in [-0.39, 0.29) is 17.6 Å². The van der Waals surface area contributed by atoms with Gasteiger partial charge in [-0.05, 0) is 54.6 Å². The number of rotatable bonds is 4. The van der Waals surface area contributed by atoms with Gasteiger partial charge in [0, 0.05) is 16.6 Å². The Hall–Kier alpha value is -3.95. The highest BCUT2D eigenvalue weighted by Crippen LogP contribution is 2.36. The van der Waals surface area contributed by atoms with Crippen LogP contribution in [0.5, 0.6) is 11.5 Å². The molecule has 5 rings (SSSR count). The average molecular weight is 447 g/mol. The van der Waals surface area contributed by atoms with Crippen LogP contribution >= 0.6 is 0 Å². The standard InChI is InChI=1S/C23H17N3O5S/c24-32(28,29)16-8-6-15(7-9-16)25-23(27)18-12-20(26-19-4-2-1-3-17(18)19)14-5-10-21-22(11-14)31-13-30-21/h1-12H,13H2,(H,25,27)(H2,24,28,29). The number of para-hydroxylation sites is 1. The van der Waals surface area contributed by atoms with Crippen LogP contribution in [0.25, 0.3) is 22.2 Å². The van der Waals surface area contributed by atoms with E-state index in [4.69, 9.17) is 19.6 Å². The highest BCUT2D eigenvalue weighted by Gasteiger charge is 2.18. The Morgan fingerprint density at radius 2 is 1.69 bits per heavy atom. The molecular weight excluding hydrogens is 430 g/mol. The molecule has 2 heterocycles. The molecule has 9 heteroatoms. The summed E-state index contributed by atoms with van der Waals surface area (Å²) in [5.41, 5.74) is 2.92. The molecule has 8 nitrogen and oxygen atoms in total. The molecule has 0 aliphatic carbocycles. The molecule has 0 saturated carbocycles. The fourth-order valence-corrected chi connectivity index (χ4v) is 4.01. The zero-order valence-electron chi connectivity index (χ0n) is 16.6. The van der Waals surface area contributed by atoms with Crippen molar-refractivity contribution in [3.8, 4) is 22.8 Å². The lowest BCUT2D eigenvalue weighted by Gasteiger charge is -2.11. The summed E-state index contributed by atoms with van der Waals surface area (Å²) in [5, 5.41) is 8.62. The SMILES string of the molecule is NS(=O)(=O)c1ccc(NC(=O)c2cc(-c3ccc4c(c3)OCO4)nc3ccccc23)cc1. The molecule has 0 saturated heterocycles. The summed E-state index contributed by atoms with van der Waals surface area (Å²) in [5.74, 6) is 0.933. The van der Waals surface area contributed by atoms with Gasteiger partial charge in [-0.2, -0.15) is 0 Å². The number of nitrogens with two attached hydrogens (primary N) is 1. The van der Waals surface area contributed by atoms with E-state index in [9.17, 15) is 13.2 Å². The van der Waals surface area contributed by atoms with Gasteiger partial charge in [0.15, 0.2) is 11.5 Å². The molecule has 4 aromatic rings. The highest BCUT2D eigenvalue weighted by atomic mass is 32.2. The second-order valence-corrected chi connectivity index (χ2v) is 8.73. The quantitative estimate of drug-likeness (QED) is 0.494. The third-order valence-corrected chi connectivity index (χ3v) is 6.00. The topological polar surface area (TPSA) is 121 Å². The lowest BCUT2D eigenvalue weighted by molar-refractivity contribution is 0.102. The van der Waals surface area contributed by atoms with E-state index in [2.05, 4.69) is 5.32 Å². The first-order chi connectivity index (χ1) is 15.4. The minimum atomic E-state index is -3.81. The zero-order valence-corrected chi connectivity index (χ0v) is 17.4. The molecule has 1 aromatic heterocycles. The van der Waals surface area contributed by atoms with Crippen molar-refractivity contribution in [3.05, 3.63) is 78.4 Å². The van der Waals surface area contributed by atoms with Gasteiger partial charge in [0.25, 0.3) is 5.91 Å². The van der Waals surface area contributed by atoms with Crippen LogP contribution in [-0.4, -0.2) is 26.1 Å². The Labute approximate surface area is 183 Å². The first-order valence-electron chi connectivity index (χ1n) is 9.62. The van der Waals surface area contributed by atoms with Gasteiger partial charge in [0.2, 0.25) is 16.8 Å². The lowest BCUT2D eigenvalue weighted by Crippen LogP contribution is -2.14. The first-order valence-corrected chi connectivity index (χ1v) is 11.2. The van der Waals surface area contributed by atoms with Crippen molar-refractivity contribution in [3.63, 3.8) is 0 Å². The second kappa shape index (κ2) is 7.63. The predicted molar refractivity (Wildman–Crippen MR) is 119 cm³/mol. The van der Waals surface area contributed by atoms with Gasteiger partial charge in [0.1, 0.15) is 0 Å². The molecule has 0 radical (unpaired) electrons. The van der Waals surface area contributed by atoms with Crippen LogP contribution in [0.4, 0.5) is 5.69 Å². The Kier molecular flexibility index (Phi) is 4.76. The van der Waals surface area contributed by atoms with Crippen LogP contribution in [0.3, 0.4) is 0 Å². The lowest BCUT2D eigenvalue weighted by atomic mass is 10.0. The summed E-state index contributed by atoms with van der Waals surface area (Å²) >= 11 is 0. The number of nitrogens with one attached hydrogen (secondary N) is 1. The number of benzene rings is 3. The summed E-state index contributed by atoms with van der Waals surface area (Å²) in [4.78, 5) is 17.8. The molecule has 160 valence electrons. The van der Waals surface area contributed by atoms with Gasteiger partial charge in [-0.3, -0.25) is 4.79 Å². The van der Waals surface area contributed by atoms with E-state index >= 15 is 0 Å². The molecule has 0 atom stereocenters. The van der Waals surface area contributed by atoms with E-state index < -0.39 is 10.0 Å². The number of aromatic nitrogens is 1. The predicted octanol–water partition coefficient (Wildman–Crippen LogP) is 3.53. The molecule has 3 aromatic carbocycles. The fourth-order valence-electron chi connectivity index (χ4n) is 3.49. The number of nitrogens with zero attached hydrogens (tertiary/aromatic N) is 1. The van der Waals surface area contributed by atoms with E-state index in [1.807, 2.05) is 36.4 Å². The van der Waals surface area contributed by atoms with Gasteiger partial charge in [-0.15, -0.1) is 0 Å². The normalized spacial score (nSPS) is 12.7. The van der Waals surface area contributed by atoms with Crippen LogP contribution in [0.15, 0.2) is 77.7 Å². The number of carbonyl (C=O) groups is 1. The molecule has 0 unspecified atom stereocenters. The maximum atomic E-state index is 13.2. The Balaban J connectivity index is 1.53. The molecule has 1 aliphatic rings. The molecule has 1 amide bonds. The number of anilines is 1. The third kappa shape index (κ3) is 3.75. The third-order valence-electron chi connectivity index (χ3n) is 5.07. The molecule has 0 bridgehead atoms. The van der Waals surface area contributed by atoms with Crippen molar-refractivity contribution in [1.82, 2.24) is 4.98 Å². The fraction of sp³-hybridized carbons (Fsp3) is 0.0435. The van der Waals surface area contributed by atoms with Crippen molar-refractivity contribution in [2.75, 3.05) is 12.1 Å². The van der Waals surface area contributed by atoms with Gasteiger partial charge >= 0.3 is 0 Å². The van der Waals surface area contributed by atoms with Crippen LogP contribution in [0, 0.1) is 0 Å². The number of hydrogen-bond donors (Lipinski definition) is 2. The van der Waals surface area contributed by atoms with Crippen LogP contribution in [0.1, 0.15) is 10.4 Å². The Bertz CT molecular complexity index is 1470. The van der Waals surface area contributed by atoms with Gasteiger partial charge in [-0.1, -0.05) is 18.2 Å². The van der Waals surface area contributed by atoms with Crippen molar-refractivity contribution in [2.45, 2.75) is 4.90 Å². The number of pyridine rings is 1. The minimum absolute atomic E-state index is 0.0324. The molecule has 1 aliphatic heterocycles. The number of amides is 1. The number of carbonyl (C=O) groups excluding carboxylic acids is 1. The Morgan fingerprint density at radius 1 is 0.938 bits per heavy atom. The monoisotopic (exact) mass is 447 g/mol. The number of primary sulfonamides is 1. The summed E-state index contributed by atoms with van der Waals surface area (Å²) in [6.45, 7) is 0.168. The highest BCUT2D eigenvalue weighted by molar-refractivity contribution is 7.89. The number of sulfonamides is 1. The van der Waals surface area contributed by atoms with Gasteiger partial charge in [0.05, 0.1) is 21.7 Å². The molecule has 0 spiro atoms. The van der Waals surface area contributed by atoms with E-state index in [1.54, 1.807) is 12.1 Å². The molecule has 0 fully saturated rings. The Morgan fingerprint density at radius 3 is 2.47 bits per heavy atom. The molecule has 32 heavy (non-hydrogen) atoms. The smallest absolute Gasteiger partial charge is 0.256 e. The molecule has 3 N–H and O–H groups in total. The number of fused-ring (bicyclic) bond motifs is 2. The summed E-state index contributed by atoms with van der Waals surface area (Å²) in [7, 11) is -3.81. The van der Waals surface area contributed by atoms with Crippen LogP contribution < -0.4 is 19.9 Å². The second-order valence-electron chi connectivity index (χ2n) is 7.16. The van der Waals surface area contributed by atoms with Gasteiger partial charge < -0.3 is 14.8 Å². The number of hydrogen-bond acceptors (Lipinski definition) is 6. The van der Waals surface area contributed by atoms with Crippen LogP contribution in [-0.2, 0) is 10.0 Å². The number of ether oxygens (including phenoxy) is 2. The summed E-state index contributed by atoms with van der Waals surface area (Å²) < 4.78 is 33.7. The van der Waals surface area contributed by atoms with E-state index in [0.29, 0.717) is 39.3 Å². The van der Waals surface area contributed by atoms with Crippen LogP contribution in [0.2, 0.25) is 0 Å². The first kappa shape index (κ1) is 20.0. The maximum Gasteiger partial charge on any atom is 0.256 e. The minimum Gasteiger partial charge on any atom is -0.454 e. The van der Waals surface area contributed by atoms with Crippen molar-refractivity contribution >= 4 is 32.5 Å². The summed E-state index contributed by atoms with van der Waals surface area (Å²) in [6.07, 6.45) is 0. The average Bonchev–Trinajstić information content (AvgIpc) is 3.26. The van der Waals surface area contributed by atoms with E-state index in [1.165, 1.54) is 24.3 Å². The zero-order chi connectivity index (χ0) is 22.3. The molecular formula is C23H17N3O5S. The van der Waals surface area contributed by atoms with Crippen molar-refractivity contribution < 1.29 is 22.7 Å². The maximum absolute atomic E-state index is 13.2. The summed E-state index contributed by atoms with van der Waals surface area (Å²) in [6, 6.07) is 20.2. The largest absolute Gasteiger partial charge is 0.454 e. The van der Waals surface area contributed by atoms with Crippen molar-refractivity contribution in [1.29, 1.82) is 0 Å².